The second-order valence-electron chi connectivity index (χ2n) is 9.57. The molecular weight excluding hydrogens is 516 g/mol. The van der Waals surface area contributed by atoms with Crippen molar-refractivity contribution in [2.75, 3.05) is 25.0 Å². The number of aliphatic hydroxyl groups is 1. The summed E-state index contributed by atoms with van der Waals surface area (Å²) in [6, 6.07) is 3.55. The molecule has 1 aromatic carbocycles. The van der Waals surface area contributed by atoms with E-state index in [9.17, 15) is 28.7 Å². The molecule has 3 aromatic rings. The number of nitrogens with one attached hydrogen (secondary N) is 1. The smallest absolute Gasteiger partial charge is 0.298 e. The molecule has 2 amide bonds. The van der Waals surface area contributed by atoms with Crippen LogP contribution in [0.15, 0.2) is 43.0 Å². The Kier molecular flexibility index (Phi) is 7.97. The number of ether oxygens (including phenoxy) is 1. The number of rotatable bonds is 7. The Bertz CT molecular complexity index is 1370. The Morgan fingerprint density at radius 2 is 1.97 bits per heavy atom. The SMILES string of the molecule is CC(C(=O)Nc1cnc(Oc2ccc(F)cc2F)cn1)N1CCN(C(=O)c2cc(CO)[n+]([O-])cn2)C(C)(C)C1. The Hall–Kier alpha value is -4.30. The van der Waals surface area contributed by atoms with E-state index in [0.29, 0.717) is 30.4 Å². The van der Waals surface area contributed by atoms with Crippen LogP contribution >= 0.6 is 0 Å². The Morgan fingerprint density at radius 1 is 1.21 bits per heavy atom. The van der Waals surface area contributed by atoms with Crippen molar-refractivity contribution in [2.24, 2.45) is 0 Å². The molecule has 0 spiro atoms. The maximum absolute atomic E-state index is 13.8. The average molecular weight is 544 g/mol. The number of aromatic nitrogens is 4. The number of hydrogen-bond donors (Lipinski definition) is 2. The summed E-state index contributed by atoms with van der Waals surface area (Å²) in [5.74, 6) is -2.48. The van der Waals surface area contributed by atoms with E-state index in [4.69, 9.17) is 4.74 Å². The molecule has 14 heteroatoms. The maximum atomic E-state index is 13.8. The van der Waals surface area contributed by atoms with Gasteiger partial charge in [-0.3, -0.25) is 14.5 Å². The summed E-state index contributed by atoms with van der Waals surface area (Å²) in [5.41, 5.74) is -0.616. The van der Waals surface area contributed by atoms with Gasteiger partial charge in [-0.2, -0.15) is 0 Å². The summed E-state index contributed by atoms with van der Waals surface area (Å²) in [5, 5.41) is 23.6. The van der Waals surface area contributed by atoms with Crippen LogP contribution in [0.4, 0.5) is 14.6 Å². The lowest BCUT2D eigenvalue weighted by Gasteiger charge is -2.48. The minimum absolute atomic E-state index is 0.0143. The van der Waals surface area contributed by atoms with E-state index in [1.807, 2.05) is 18.7 Å². The van der Waals surface area contributed by atoms with Crippen LogP contribution in [0, 0.1) is 16.8 Å². The quantitative estimate of drug-likeness (QED) is 0.335. The molecule has 1 fully saturated rings. The number of hydrogen-bond acceptors (Lipinski definition) is 9. The Balaban J connectivity index is 1.36. The predicted molar refractivity (Wildman–Crippen MR) is 132 cm³/mol. The van der Waals surface area contributed by atoms with Gasteiger partial charge in [-0.05, 0) is 37.9 Å². The van der Waals surface area contributed by atoms with Crippen molar-refractivity contribution in [3.05, 3.63) is 71.2 Å². The summed E-state index contributed by atoms with van der Waals surface area (Å²) in [6.45, 7) is 5.99. The van der Waals surface area contributed by atoms with E-state index in [0.717, 1.165) is 18.5 Å². The second kappa shape index (κ2) is 11.2. The molecule has 1 unspecified atom stereocenters. The van der Waals surface area contributed by atoms with Gasteiger partial charge in [0.1, 0.15) is 18.1 Å². The van der Waals surface area contributed by atoms with Gasteiger partial charge in [-0.1, -0.05) is 0 Å². The van der Waals surface area contributed by atoms with E-state index in [2.05, 4.69) is 20.3 Å². The zero-order valence-electron chi connectivity index (χ0n) is 21.5. The number of benzene rings is 1. The molecule has 2 aromatic heterocycles. The van der Waals surface area contributed by atoms with Crippen molar-refractivity contribution < 1.29 is 32.9 Å². The predicted octanol–water partition coefficient (Wildman–Crippen LogP) is 1.63. The number of amides is 2. The van der Waals surface area contributed by atoms with Crippen molar-refractivity contribution in [1.29, 1.82) is 0 Å². The molecular formula is C25H27F2N7O5. The summed E-state index contributed by atoms with van der Waals surface area (Å²) < 4.78 is 32.5. The van der Waals surface area contributed by atoms with Crippen LogP contribution in [0.25, 0.3) is 0 Å². The first kappa shape index (κ1) is 27.7. The van der Waals surface area contributed by atoms with Gasteiger partial charge in [0.25, 0.3) is 12.2 Å². The lowest BCUT2D eigenvalue weighted by Crippen LogP contribution is -2.63. The van der Waals surface area contributed by atoms with Crippen molar-refractivity contribution in [1.82, 2.24) is 24.8 Å². The van der Waals surface area contributed by atoms with E-state index in [1.54, 1.807) is 11.8 Å². The number of nitrogens with zero attached hydrogens (tertiary/aromatic N) is 6. The van der Waals surface area contributed by atoms with Crippen molar-refractivity contribution in [3.63, 3.8) is 0 Å². The van der Waals surface area contributed by atoms with E-state index >= 15 is 0 Å². The molecule has 0 aliphatic carbocycles. The molecule has 0 saturated carbocycles. The molecule has 0 radical (unpaired) electrons. The first-order valence-corrected chi connectivity index (χ1v) is 12.0. The van der Waals surface area contributed by atoms with Crippen LogP contribution in [-0.2, 0) is 11.4 Å². The lowest BCUT2D eigenvalue weighted by molar-refractivity contribution is -0.619. The van der Waals surface area contributed by atoms with Gasteiger partial charge in [-0.15, -0.1) is 0 Å². The highest BCUT2D eigenvalue weighted by Crippen LogP contribution is 2.26. The summed E-state index contributed by atoms with van der Waals surface area (Å²) in [6.07, 6.45) is 3.39. The molecule has 1 saturated heterocycles. The Morgan fingerprint density at radius 3 is 2.62 bits per heavy atom. The van der Waals surface area contributed by atoms with Gasteiger partial charge in [-0.25, -0.2) is 23.5 Å². The molecule has 1 aliphatic rings. The van der Waals surface area contributed by atoms with Crippen molar-refractivity contribution in [3.8, 4) is 11.6 Å². The maximum Gasteiger partial charge on any atom is 0.298 e. The third-order valence-corrected chi connectivity index (χ3v) is 6.36. The topological polar surface area (TPSA) is 148 Å². The third-order valence-electron chi connectivity index (χ3n) is 6.36. The fourth-order valence-corrected chi connectivity index (χ4v) is 4.22. The van der Waals surface area contributed by atoms with Crippen LogP contribution in [0.5, 0.6) is 11.6 Å². The average Bonchev–Trinajstić information content (AvgIpc) is 2.90. The number of aliphatic hydroxyl groups excluding tert-OH is 1. The van der Waals surface area contributed by atoms with Crippen molar-refractivity contribution >= 4 is 17.6 Å². The molecule has 3 heterocycles. The van der Waals surface area contributed by atoms with Gasteiger partial charge in [0, 0.05) is 31.8 Å². The summed E-state index contributed by atoms with van der Waals surface area (Å²) in [7, 11) is 0. The summed E-state index contributed by atoms with van der Waals surface area (Å²) >= 11 is 0. The van der Waals surface area contributed by atoms with Crippen LogP contribution in [0.2, 0.25) is 0 Å². The van der Waals surface area contributed by atoms with Gasteiger partial charge in [0.2, 0.25) is 17.5 Å². The zero-order valence-corrected chi connectivity index (χ0v) is 21.5. The minimum atomic E-state index is -0.890. The molecule has 2 N–H and O–H groups in total. The highest BCUT2D eigenvalue weighted by atomic mass is 19.1. The monoisotopic (exact) mass is 543 g/mol. The number of carbonyl (C=O) groups excluding carboxylic acids is 2. The normalized spacial score (nSPS) is 16.0. The Labute approximate surface area is 222 Å². The fraction of sp³-hybridized carbons (Fsp3) is 0.360. The summed E-state index contributed by atoms with van der Waals surface area (Å²) in [4.78, 5) is 41.6. The zero-order chi connectivity index (χ0) is 28.3. The van der Waals surface area contributed by atoms with Crippen molar-refractivity contribution in [2.45, 2.75) is 39.0 Å². The number of piperazine rings is 1. The number of carbonyl (C=O) groups is 2. The van der Waals surface area contributed by atoms with Gasteiger partial charge < -0.3 is 25.3 Å². The highest BCUT2D eigenvalue weighted by Gasteiger charge is 2.41. The van der Waals surface area contributed by atoms with Gasteiger partial charge in [0.05, 0.1) is 24.0 Å². The third kappa shape index (κ3) is 6.23. The lowest BCUT2D eigenvalue weighted by atomic mass is 9.96. The van der Waals surface area contributed by atoms with E-state index in [-0.39, 0.29) is 40.6 Å². The largest absolute Gasteiger partial charge is 0.711 e. The number of halogens is 2. The van der Waals surface area contributed by atoms with E-state index < -0.39 is 29.8 Å². The van der Waals surface area contributed by atoms with Crippen LogP contribution < -0.4 is 14.8 Å². The van der Waals surface area contributed by atoms with Crippen LogP contribution in [-0.4, -0.2) is 72.9 Å². The molecule has 39 heavy (non-hydrogen) atoms. The fourth-order valence-electron chi connectivity index (χ4n) is 4.22. The molecule has 1 atom stereocenters. The van der Waals surface area contributed by atoms with Crippen LogP contribution in [0.3, 0.4) is 0 Å². The van der Waals surface area contributed by atoms with Gasteiger partial charge in [0.15, 0.2) is 17.4 Å². The highest BCUT2D eigenvalue weighted by molar-refractivity contribution is 5.94. The molecule has 206 valence electrons. The molecule has 4 rings (SSSR count). The molecule has 0 bridgehead atoms. The molecule has 1 aliphatic heterocycles. The minimum Gasteiger partial charge on any atom is -0.711 e. The first-order chi connectivity index (χ1) is 18.5. The molecule has 12 nitrogen and oxygen atoms in total. The van der Waals surface area contributed by atoms with Gasteiger partial charge >= 0.3 is 0 Å². The number of anilines is 1. The van der Waals surface area contributed by atoms with Crippen LogP contribution in [0.1, 0.15) is 37.0 Å². The standard InChI is InChI=1S/C25H27F2N7O5/c1-15(23(36)31-21-10-29-22(11-28-21)39-20-5-4-16(26)8-18(20)27)32-6-7-33(25(2,3)13-32)24(37)19-9-17(12-35)34(38)14-30-19/h4-5,8-11,14-15,35H,6-7,12-13H2,1-3H3,(H,28,31,36). The first-order valence-electron chi connectivity index (χ1n) is 12.0. The second-order valence-corrected chi connectivity index (χ2v) is 9.57. The van der Waals surface area contributed by atoms with E-state index in [1.165, 1.54) is 18.5 Å².